The maximum atomic E-state index is 15.1. The zero-order chi connectivity index (χ0) is 34.6. The molecule has 1 aliphatic rings. The van der Waals surface area contributed by atoms with Crippen LogP contribution in [0, 0.1) is 5.41 Å². The summed E-state index contributed by atoms with van der Waals surface area (Å²) in [5, 5.41) is 32.6. The van der Waals surface area contributed by atoms with Crippen LogP contribution in [0.2, 0.25) is 0 Å². The molecular formula is C32H48N6O7S. The third kappa shape index (κ3) is 7.63. The van der Waals surface area contributed by atoms with Crippen LogP contribution in [0.4, 0.5) is 4.79 Å². The van der Waals surface area contributed by atoms with Crippen LogP contribution in [0.5, 0.6) is 0 Å². The molecule has 3 atom stereocenters. The molecule has 0 aliphatic carbocycles. The van der Waals surface area contributed by atoms with E-state index in [1.807, 2.05) is 53.7 Å². The molecule has 2 aromatic carbocycles. The van der Waals surface area contributed by atoms with E-state index in [1.165, 1.54) is 0 Å². The molecule has 1 heterocycles. The number of carboxylic acids is 1. The topological polar surface area (TPSA) is 207 Å². The molecule has 0 spiro atoms. The van der Waals surface area contributed by atoms with Crippen LogP contribution in [0.1, 0.15) is 100 Å². The number of benzene rings is 2. The minimum atomic E-state index is -4.54. The molecule has 0 aromatic heterocycles. The van der Waals surface area contributed by atoms with Crippen LogP contribution in [0.25, 0.3) is 0 Å². The number of guanidine groups is 1. The van der Waals surface area contributed by atoms with Crippen LogP contribution in [-0.4, -0.2) is 72.3 Å². The van der Waals surface area contributed by atoms with Gasteiger partial charge in [0.1, 0.15) is 12.1 Å². The number of ether oxygens (including phenoxy) is 1. The Labute approximate surface area is 271 Å². The maximum absolute atomic E-state index is 15.1. The van der Waals surface area contributed by atoms with Crippen molar-refractivity contribution in [1.29, 1.82) is 5.41 Å². The Hall–Kier alpha value is -3.72. The number of piperazine rings is 1. The lowest BCUT2D eigenvalue weighted by molar-refractivity contribution is -0.138. The van der Waals surface area contributed by atoms with Gasteiger partial charge in [-0.05, 0) is 58.9 Å². The molecule has 46 heavy (non-hydrogen) atoms. The molecule has 2 aromatic rings. The highest BCUT2D eigenvalue weighted by Crippen LogP contribution is 2.40. The van der Waals surface area contributed by atoms with Gasteiger partial charge in [0.05, 0.1) is 11.4 Å². The Balaban J connectivity index is 2.12. The third-order valence-corrected chi connectivity index (χ3v) is 10.6. The Morgan fingerprint density at radius 3 is 2.07 bits per heavy atom. The Bertz CT molecular complexity index is 1500. The fraction of sp³-hybridized carbons (Fsp3) is 0.531. The standard InChI is InChI=1S/C32H48N6O7S/c1-18(2)24-15-25(19(3)4)28(26(16-24)20(5)6)46(43,44)32(36-30(34)37-42)17-35-12-13-38(32)31(41)45-21(7)23-10-8-22(9-11-23)14-27(33)29(39)40/h8-11,15-16,18-21,27,35,42H,12-14,17,33H2,1-7H3,(H,39,40)(H3,34,36,37)/t21?,27-,32?/m0/s1. The van der Waals surface area contributed by atoms with Crippen molar-refractivity contribution in [3.05, 3.63) is 64.2 Å². The number of hydroxylamine groups is 1. The van der Waals surface area contributed by atoms with Gasteiger partial charge in [-0.1, -0.05) is 77.9 Å². The van der Waals surface area contributed by atoms with Crippen molar-refractivity contribution in [2.45, 2.75) is 94.7 Å². The molecule has 1 amide bonds. The maximum Gasteiger partial charge on any atom is 0.413 e. The Morgan fingerprint density at radius 2 is 1.59 bits per heavy atom. The fourth-order valence-corrected chi connectivity index (χ4v) is 8.06. The zero-order valence-electron chi connectivity index (χ0n) is 27.5. The number of carbonyl (C=O) groups is 2. The summed E-state index contributed by atoms with van der Waals surface area (Å²) in [7, 11) is -4.54. The molecule has 13 nitrogen and oxygen atoms in total. The van der Waals surface area contributed by atoms with Crippen molar-refractivity contribution < 1.29 is 33.1 Å². The summed E-state index contributed by atoms with van der Waals surface area (Å²) >= 11 is 0. The second-order valence-corrected chi connectivity index (χ2v) is 14.7. The van der Waals surface area contributed by atoms with Gasteiger partial charge in [0.2, 0.25) is 20.8 Å². The van der Waals surface area contributed by atoms with Crippen LogP contribution in [0.3, 0.4) is 0 Å². The van der Waals surface area contributed by atoms with Crippen molar-refractivity contribution in [2.24, 2.45) is 5.73 Å². The molecule has 0 bridgehead atoms. The number of nitrogens with two attached hydrogens (primary N) is 1. The fourth-order valence-electron chi connectivity index (χ4n) is 5.52. The third-order valence-electron chi connectivity index (χ3n) is 8.26. The number of rotatable bonds is 11. The minimum absolute atomic E-state index is 0.0739. The minimum Gasteiger partial charge on any atom is -0.480 e. The molecule has 1 aliphatic heterocycles. The van der Waals surface area contributed by atoms with Gasteiger partial charge in [0.15, 0.2) is 0 Å². The first-order valence-corrected chi connectivity index (χ1v) is 16.9. The number of sulfone groups is 1. The zero-order valence-corrected chi connectivity index (χ0v) is 28.4. The molecule has 8 N–H and O–H groups in total. The van der Waals surface area contributed by atoms with Gasteiger partial charge in [0, 0.05) is 13.1 Å². The molecule has 1 fully saturated rings. The lowest BCUT2D eigenvalue weighted by Gasteiger charge is -2.46. The number of carbonyl (C=O) groups excluding carboxylic acids is 1. The Kier molecular flexibility index (Phi) is 11.8. The first-order valence-electron chi connectivity index (χ1n) is 15.4. The molecule has 3 rings (SSSR count). The summed E-state index contributed by atoms with van der Waals surface area (Å²) in [4.78, 5) is 24.0. The van der Waals surface area contributed by atoms with Gasteiger partial charge >= 0.3 is 12.1 Å². The van der Waals surface area contributed by atoms with Gasteiger partial charge in [0.25, 0.3) is 0 Å². The molecule has 0 radical (unpaired) electrons. The molecule has 254 valence electrons. The van der Waals surface area contributed by atoms with Crippen LogP contribution >= 0.6 is 0 Å². The normalized spacial score (nSPS) is 18.4. The summed E-state index contributed by atoms with van der Waals surface area (Å²) in [5.74, 6) is -2.09. The lowest BCUT2D eigenvalue weighted by Crippen LogP contribution is -2.75. The molecule has 14 heteroatoms. The van der Waals surface area contributed by atoms with Crippen molar-refractivity contribution in [3.8, 4) is 0 Å². The smallest absolute Gasteiger partial charge is 0.413 e. The van der Waals surface area contributed by atoms with Crippen molar-refractivity contribution >= 4 is 27.9 Å². The van der Waals surface area contributed by atoms with Crippen LogP contribution in [0.15, 0.2) is 41.3 Å². The van der Waals surface area contributed by atoms with Crippen molar-refractivity contribution in [1.82, 2.24) is 21.0 Å². The molecular weight excluding hydrogens is 612 g/mol. The molecule has 2 unspecified atom stereocenters. The summed E-state index contributed by atoms with van der Waals surface area (Å²) in [6.45, 7) is 13.2. The van der Waals surface area contributed by atoms with Crippen LogP contribution < -0.4 is 21.8 Å². The van der Waals surface area contributed by atoms with E-state index in [-0.39, 0.29) is 48.7 Å². The quantitative estimate of drug-likeness (QED) is 0.105. The van der Waals surface area contributed by atoms with Gasteiger partial charge in [-0.15, -0.1) is 0 Å². The molecule has 0 saturated carbocycles. The van der Waals surface area contributed by atoms with E-state index in [9.17, 15) is 14.8 Å². The summed E-state index contributed by atoms with van der Waals surface area (Å²) in [6.07, 6.45) is -1.64. The number of nitrogens with one attached hydrogen (secondary N) is 4. The molecule has 1 saturated heterocycles. The first-order chi connectivity index (χ1) is 21.5. The lowest BCUT2D eigenvalue weighted by atomic mass is 9.89. The van der Waals surface area contributed by atoms with E-state index in [1.54, 1.807) is 36.7 Å². The number of amides is 1. The second kappa shape index (κ2) is 14.8. The van der Waals surface area contributed by atoms with Gasteiger partial charge in [-0.2, -0.15) is 0 Å². The summed E-state index contributed by atoms with van der Waals surface area (Å²) in [6, 6.07) is 9.49. The average Bonchev–Trinajstić information content (AvgIpc) is 3.00. The second-order valence-electron chi connectivity index (χ2n) is 12.6. The highest BCUT2D eigenvalue weighted by atomic mass is 32.2. The van der Waals surface area contributed by atoms with E-state index in [2.05, 4.69) is 10.6 Å². The number of aliphatic carboxylic acids is 1. The average molecular weight is 661 g/mol. The van der Waals surface area contributed by atoms with E-state index in [0.717, 1.165) is 10.5 Å². The van der Waals surface area contributed by atoms with Gasteiger partial charge < -0.3 is 26.2 Å². The van der Waals surface area contributed by atoms with Crippen LogP contribution in [-0.2, 0) is 25.8 Å². The van der Waals surface area contributed by atoms with Gasteiger partial charge in [-0.3, -0.25) is 20.3 Å². The highest BCUT2D eigenvalue weighted by Gasteiger charge is 2.56. The number of carboxylic acid groups (broad SMARTS) is 1. The van der Waals surface area contributed by atoms with Gasteiger partial charge in [-0.25, -0.2) is 18.7 Å². The van der Waals surface area contributed by atoms with E-state index >= 15 is 8.42 Å². The van der Waals surface area contributed by atoms with Crippen molar-refractivity contribution in [2.75, 3.05) is 19.6 Å². The summed E-state index contributed by atoms with van der Waals surface area (Å²) in [5.41, 5.74) is 10.8. The number of hydrogen-bond acceptors (Lipinski definition) is 9. The Morgan fingerprint density at radius 1 is 1.02 bits per heavy atom. The first kappa shape index (κ1) is 36.7. The summed E-state index contributed by atoms with van der Waals surface area (Å²) < 4.78 is 36.1. The monoisotopic (exact) mass is 660 g/mol. The predicted molar refractivity (Wildman–Crippen MR) is 175 cm³/mol. The largest absolute Gasteiger partial charge is 0.480 e. The van der Waals surface area contributed by atoms with E-state index in [0.29, 0.717) is 22.3 Å². The highest BCUT2D eigenvalue weighted by molar-refractivity contribution is 7.93. The number of nitrogens with zero attached hydrogens (tertiary/aromatic N) is 1. The van der Waals surface area contributed by atoms with E-state index in [4.69, 9.17) is 21.0 Å². The van der Waals surface area contributed by atoms with Crippen molar-refractivity contribution in [3.63, 3.8) is 0 Å². The SMILES string of the molecule is CC(C)c1cc(C(C)C)c(S(=O)(=O)C2(NC(=N)NO)CNCCN2C(=O)OC(C)c2ccc(C[C@H](N)C(=O)O)cc2)c(C(C)C)c1. The number of hydrogen-bond donors (Lipinski definition) is 7. The van der Waals surface area contributed by atoms with E-state index < -0.39 is 45.0 Å². The predicted octanol–water partition coefficient (Wildman–Crippen LogP) is 3.74.